The highest BCUT2D eigenvalue weighted by molar-refractivity contribution is 7.99. The van der Waals surface area contributed by atoms with E-state index in [2.05, 4.69) is 56.7 Å². The Morgan fingerprint density at radius 3 is 2.25 bits per heavy atom. The van der Waals surface area contributed by atoms with Gasteiger partial charge >= 0.3 is 5.97 Å². The second-order valence-corrected chi connectivity index (χ2v) is 7.75. The number of esters is 1. The quantitative estimate of drug-likeness (QED) is 0.647. The largest absolute Gasteiger partial charge is 0.464 e. The number of carbonyl (C=O) groups is 1. The number of anilines is 1. The average Bonchev–Trinajstić information content (AvgIpc) is 3.22. The molecule has 3 aromatic rings. The van der Waals surface area contributed by atoms with Gasteiger partial charge in [-0.25, -0.2) is 4.79 Å². The van der Waals surface area contributed by atoms with Crippen LogP contribution in [0.3, 0.4) is 0 Å². The van der Waals surface area contributed by atoms with Gasteiger partial charge in [0, 0.05) is 23.7 Å². The van der Waals surface area contributed by atoms with Gasteiger partial charge in [0.25, 0.3) is 0 Å². The summed E-state index contributed by atoms with van der Waals surface area (Å²) in [6, 6.07) is 17.0. The van der Waals surface area contributed by atoms with Crippen molar-refractivity contribution in [1.82, 2.24) is 15.4 Å². The van der Waals surface area contributed by atoms with E-state index in [1.165, 1.54) is 49.4 Å². The van der Waals surface area contributed by atoms with Gasteiger partial charge in [-0.15, -0.1) is 10.2 Å². The molecule has 1 saturated heterocycles. The minimum Gasteiger partial charge on any atom is -0.464 e. The van der Waals surface area contributed by atoms with Gasteiger partial charge in [0.05, 0.1) is 7.11 Å². The Morgan fingerprint density at radius 1 is 0.964 bits per heavy atom. The molecule has 2 aromatic carbocycles. The predicted molar refractivity (Wildman–Crippen MR) is 110 cm³/mol. The number of piperidine rings is 1. The number of benzene rings is 2. The SMILES string of the molecule is COC(=O)c1n[nH]nc1Sc1ccc(-c2ccc(N3CCCCC3)cc2)cc1. The van der Waals surface area contributed by atoms with E-state index in [0.717, 1.165) is 23.5 Å². The molecule has 0 amide bonds. The molecular weight excluding hydrogens is 372 g/mol. The monoisotopic (exact) mass is 394 g/mol. The van der Waals surface area contributed by atoms with Gasteiger partial charge in [0.1, 0.15) is 0 Å². The van der Waals surface area contributed by atoms with Crippen molar-refractivity contribution in [3.05, 3.63) is 54.2 Å². The summed E-state index contributed by atoms with van der Waals surface area (Å²) < 4.78 is 4.73. The van der Waals surface area contributed by atoms with E-state index in [0.29, 0.717) is 5.03 Å². The van der Waals surface area contributed by atoms with Gasteiger partial charge in [-0.1, -0.05) is 36.0 Å². The molecule has 0 aliphatic carbocycles. The maximum absolute atomic E-state index is 11.7. The highest BCUT2D eigenvalue weighted by Gasteiger charge is 2.18. The maximum atomic E-state index is 11.7. The van der Waals surface area contributed by atoms with Gasteiger partial charge < -0.3 is 9.64 Å². The number of hydrogen-bond acceptors (Lipinski definition) is 6. The fourth-order valence-corrected chi connectivity index (χ4v) is 4.17. The van der Waals surface area contributed by atoms with Crippen LogP contribution in [0.4, 0.5) is 5.69 Å². The molecule has 28 heavy (non-hydrogen) atoms. The second-order valence-electron chi connectivity index (χ2n) is 6.69. The molecule has 4 rings (SSSR count). The first kappa shape index (κ1) is 18.6. The zero-order valence-corrected chi connectivity index (χ0v) is 16.5. The molecule has 1 fully saturated rings. The van der Waals surface area contributed by atoms with Crippen molar-refractivity contribution in [2.75, 3.05) is 25.1 Å². The molecule has 2 heterocycles. The molecule has 0 radical (unpaired) electrons. The Labute approximate surface area is 168 Å². The number of aromatic nitrogens is 3. The van der Waals surface area contributed by atoms with E-state index in [1.807, 2.05) is 12.1 Å². The number of methoxy groups -OCH3 is 1. The van der Waals surface area contributed by atoms with Crippen LogP contribution >= 0.6 is 11.8 Å². The summed E-state index contributed by atoms with van der Waals surface area (Å²) in [6.45, 7) is 2.31. The van der Waals surface area contributed by atoms with Crippen molar-refractivity contribution < 1.29 is 9.53 Å². The Kier molecular flexibility index (Phi) is 5.62. The van der Waals surface area contributed by atoms with Crippen molar-refractivity contribution in [3.8, 4) is 11.1 Å². The van der Waals surface area contributed by atoms with Crippen molar-refractivity contribution in [2.45, 2.75) is 29.2 Å². The van der Waals surface area contributed by atoms with Crippen LogP contribution in [0.1, 0.15) is 29.8 Å². The fourth-order valence-electron chi connectivity index (χ4n) is 3.37. The van der Waals surface area contributed by atoms with E-state index >= 15 is 0 Å². The first-order chi connectivity index (χ1) is 13.7. The number of nitrogens with zero attached hydrogens (tertiary/aromatic N) is 3. The maximum Gasteiger partial charge on any atom is 0.361 e. The number of H-pyrrole nitrogens is 1. The first-order valence-electron chi connectivity index (χ1n) is 9.37. The second kappa shape index (κ2) is 8.48. The van der Waals surface area contributed by atoms with Crippen molar-refractivity contribution in [3.63, 3.8) is 0 Å². The van der Waals surface area contributed by atoms with Gasteiger partial charge in [0.2, 0.25) is 5.69 Å². The van der Waals surface area contributed by atoms with Crippen LogP contribution in [0.5, 0.6) is 0 Å². The lowest BCUT2D eigenvalue weighted by atomic mass is 10.0. The Hall–Kier alpha value is -2.80. The van der Waals surface area contributed by atoms with Gasteiger partial charge in [-0.2, -0.15) is 5.21 Å². The highest BCUT2D eigenvalue weighted by atomic mass is 32.2. The van der Waals surface area contributed by atoms with E-state index in [1.54, 1.807) is 0 Å². The summed E-state index contributed by atoms with van der Waals surface area (Å²) in [5.74, 6) is -0.498. The molecule has 144 valence electrons. The summed E-state index contributed by atoms with van der Waals surface area (Å²) in [6.07, 6.45) is 3.91. The van der Waals surface area contributed by atoms with E-state index in [4.69, 9.17) is 4.74 Å². The fraction of sp³-hybridized carbons (Fsp3) is 0.286. The van der Waals surface area contributed by atoms with Crippen LogP contribution in [0.25, 0.3) is 11.1 Å². The molecular formula is C21H22N4O2S. The molecule has 0 saturated carbocycles. The molecule has 7 heteroatoms. The van der Waals surface area contributed by atoms with Crippen LogP contribution in [-0.2, 0) is 4.74 Å². The van der Waals surface area contributed by atoms with Crippen LogP contribution in [0.15, 0.2) is 58.5 Å². The molecule has 0 unspecified atom stereocenters. The van der Waals surface area contributed by atoms with E-state index < -0.39 is 5.97 Å². The van der Waals surface area contributed by atoms with E-state index in [-0.39, 0.29) is 5.69 Å². The van der Waals surface area contributed by atoms with Crippen molar-refractivity contribution in [1.29, 1.82) is 0 Å². The third-order valence-corrected chi connectivity index (χ3v) is 5.87. The Bertz CT molecular complexity index is 932. The molecule has 1 aliphatic heterocycles. The van der Waals surface area contributed by atoms with Crippen LogP contribution in [0, 0.1) is 0 Å². The number of carbonyl (C=O) groups excluding carboxylic acids is 1. The topological polar surface area (TPSA) is 71.1 Å². The van der Waals surface area contributed by atoms with Crippen LogP contribution in [-0.4, -0.2) is 41.6 Å². The van der Waals surface area contributed by atoms with Crippen LogP contribution in [0.2, 0.25) is 0 Å². The normalized spacial score (nSPS) is 14.1. The summed E-state index contributed by atoms with van der Waals surface area (Å²) in [5.41, 5.74) is 3.85. The van der Waals surface area contributed by atoms with Gasteiger partial charge in [0.15, 0.2) is 5.03 Å². The van der Waals surface area contributed by atoms with Crippen molar-refractivity contribution in [2.24, 2.45) is 0 Å². The zero-order valence-electron chi connectivity index (χ0n) is 15.7. The van der Waals surface area contributed by atoms with E-state index in [9.17, 15) is 4.79 Å². The minimum absolute atomic E-state index is 0.199. The number of aromatic amines is 1. The summed E-state index contributed by atoms with van der Waals surface area (Å²) in [5, 5.41) is 10.9. The molecule has 1 aliphatic rings. The Balaban J connectivity index is 1.46. The standard InChI is InChI=1S/C21H22N4O2S/c1-27-21(26)19-20(23-24-22-19)28-18-11-7-16(8-12-18)15-5-9-17(10-6-15)25-13-3-2-4-14-25/h5-12H,2-4,13-14H2,1H3,(H,22,23,24). The minimum atomic E-state index is -0.498. The van der Waals surface area contributed by atoms with Crippen LogP contribution < -0.4 is 4.90 Å². The molecule has 1 aromatic heterocycles. The molecule has 0 spiro atoms. The zero-order chi connectivity index (χ0) is 19.3. The van der Waals surface area contributed by atoms with Gasteiger partial charge in [-0.05, 0) is 54.7 Å². The lowest BCUT2D eigenvalue weighted by Gasteiger charge is -2.28. The third kappa shape index (κ3) is 4.04. The summed E-state index contributed by atoms with van der Waals surface area (Å²) in [4.78, 5) is 15.1. The summed E-state index contributed by atoms with van der Waals surface area (Å²) >= 11 is 1.38. The lowest BCUT2D eigenvalue weighted by molar-refractivity contribution is 0.0590. The number of nitrogens with one attached hydrogen (secondary N) is 1. The molecule has 1 N–H and O–H groups in total. The molecule has 0 bridgehead atoms. The average molecular weight is 395 g/mol. The summed E-state index contributed by atoms with van der Waals surface area (Å²) in [7, 11) is 1.33. The third-order valence-electron chi connectivity index (χ3n) is 4.89. The first-order valence-corrected chi connectivity index (χ1v) is 10.2. The van der Waals surface area contributed by atoms with Gasteiger partial charge in [-0.3, -0.25) is 0 Å². The highest BCUT2D eigenvalue weighted by Crippen LogP contribution is 2.31. The van der Waals surface area contributed by atoms with Crippen molar-refractivity contribution >= 4 is 23.4 Å². The molecule has 0 atom stereocenters. The smallest absolute Gasteiger partial charge is 0.361 e. The number of rotatable bonds is 5. The number of ether oxygens (including phenoxy) is 1. The Morgan fingerprint density at radius 2 is 1.61 bits per heavy atom. The number of hydrogen-bond donors (Lipinski definition) is 1. The molecule has 6 nitrogen and oxygen atoms in total. The lowest BCUT2D eigenvalue weighted by Crippen LogP contribution is -2.29. The predicted octanol–water partition coefficient (Wildman–Crippen LogP) is 4.40.